The Morgan fingerprint density at radius 1 is 1.33 bits per heavy atom. The standard InChI is InChI=1S/C9H26O2Si4/c1-9(2)8-15(6,7)13(12-10-9)11-14(3,4)5/h13H,8,12H2,1-7H3. The maximum atomic E-state index is 6.46. The fourth-order valence-corrected chi connectivity index (χ4v) is 33.9. The summed E-state index contributed by atoms with van der Waals surface area (Å²) in [7, 11) is -3.68. The second kappa shape index (κ2) is 4.23. The van der Waals surface area contributed by atoms with E-state index in [0.29, 0.717) is 0 Å². The zero-order chi connectivity index (χ0) is 11.9. The summed E-state index contributed by atoms with van der Waals surface area (Å²) in [6.07, 6.45) is 0. The third kappa shape index (κ3) is 4.27. The molecular formula is C9H26O2Si4. The summed E-state index contributed by atoms with van der Waals surface area (Å²) in [5.41, 5.74) is 0.161. The van der Waals surface area contributed by atoms with E-state index in [1.807, 2.05) is 0 Å². The molecule has 2 nitrogen and oxygen atoms in total. The molecule has 0 aromatic carbocycles. The van der Waals surface area contributed by atoms with Crippen LogP contribution in [0.1, 0.15) is 13.8 Å². The van der Waals surface area contributed by atoms with E-state index in [2.05, 4.69) is 46.6 Å². The lowest BCUT2D eigenvalue weighted by atomic mass is 10.2. The molecule has 1 atom stereocenters. The molecule has 1 fully saturated rings. The minimum Gasteiger partial charge on any atom is -0.460 e. The van der Waals surface area contributed by atoms with Crippen LogP contribution in [-0.4, -0.2) is 38.9 Å². The molecule has 1 rings (SSSR count). The maximum absolute atomic E-state index is 6.46. The van der Waals surface area contributed by atoms with Gasteiger partial charge in [0.15, 0.2) is 25.7 Å². The second-order valence-electron chi connectivity index (χ2n) is 6.95. The summed E-state index contributed by atoms with van der Waals surface area (Å²) in [5.74, 6) is 0. The van der Waals surface area contributed by atoms with Crippen LogP contribution < -0.4 is 0 Å². The van der Waals surface area contributed by atoms with Gasteiger partial charge in [0, 0.05) is 5.60 Å². The first-order valence-corrected chi connectivity index (χ1v) is 18.6. The monoisotopic (exact) mass is 278 g/mol. The molecule has 0 aromatic rings. The number of rotatable bonds is 2. The van der Waals surface area contributed by atoms with Crippen molar-refractivity contribution in [1.82, 2.24) is 0 Å². The average molecular weight is 279 g/mol. The highest BCUT2D eigenvalue weighted by molar-refractivity contribution is 7.49. The van der Waals surface area contributed by atoms with E-state index in [1.54, 1.807) is 0 Å². The molecule has 15 heavy (non-hydrogen) atoms. The number of hydrogen-bond acceptors (Lipinski definition) is 2. The Bertz CT molecular complexity index is 235. The van der Waals surface area contributed by atoms with E-state index in [9.17, 15) is 0 Å². The van der Waals surface area contributed by atoms with E-state index in [4.69, 9.17) is 8.54 Å². The van der Waals surface area contributed by atoms with Gasteiger partial charge in [-0.25, -0.2) is 0 Å². The summed E-state index contributed by atoms with van der Waals surface area (Å²) in [6.45, 7) is 16.5. The van der Waals surface area contributed by atoms with E-state index in [0.717, 1.165) is 0 Å². The van der Waals surface area contributed by atoms with Crippen LogP contribution in [0.25, 0.3) is 0 Å². The van der Waals surface area contributed by atoms with E-state index >= 15 is 0 Å². The Morgan fingerprint density at radius 3 is 2.27 bits per heavy atom. The molecule has 0 radical (unpaired) electrons. The SMILES string of the molecule is CC1(C)C[Si](C)(C)[SiH](O[Si](C)(C)C)[SiH2]O1. The van der Waals surface area contributed by atoms with Crippen LogP contribution >= 0.6 is 0 Å². The Morgan fingerprint density at radius 2 is 1.87 bits per heavy atom. The molecule has 0 N–H and O–H groups in total. The highest BCUT2D eigenvalue weighted by Gasteiger charge is 2.46. The highest BCUT2D eigenvalue weighted by atomic mass is 29.6. The molecular weight excluding hydrogens is 252 g/mol. The fraction of sp³-hybridized carbons (Fsp3) is 1.00. The molecule has 1 heterocycles. The predicted molar refractivity (Wildman–Crippen MR) is 77.6 cm³/mol. The van der Waals surface area contributed by atoms with Gasteiger partial charge in [-0.05, 0) is 39.5 Å². The van der Waals surface area contributed by atoms with Crippen LogP contribution in [0.3, 0.4) is 0 Å². The van der Waals surface area contributed by atoms with E-state index in [1.165, 1.54) is 6.04 Å². The number of hydrogen-bond donors (Lipinski definition) is 0. The first-order chi connectivity index (χ1) is 6.52. The van der Waals surface area contributed by atoms with Crippen LogP contribution in [0.15, 0.2) is 0 Å². The van der Waals surface area contributed by atoms with Crippen LogP contribution in [0, 0.1) is 0 Å². The van der Waals surface area contributed by atoms with Crippen molar-refractivity contribution in [3.8, 4) is 0 Å². The van der Waals surface area contributed by atoms with Crippen LogP contribution in [0.2, 0.25) is 38.8 Å². The second-order valence-corrected chi connectivity index (χ2v) is 30.3. The van der Waals surface area contributed by atoms with Gasteiger partial charge < -0.3 is 8.54 Å². The highest BCUT2D eigenvalue weighted by Crippen LogP contribution is 2.31. The van der Waals surface area contributed by atoms with Gasteiger partial charge in [-0.2, -0.15) is 0 Å². The topological polar surface area (TPSA) is 18.5 Å². The zero-order valence-corrected chi connectivity index (χ0v) is 15.9. The van der Waals surface area contributed by atoms with Gasteiger partial charge >= 0.3 is 0 Å². The van der Waals surface area contributed by atoms with Gasteiger partial charge in [-0.3, -0.25) is 0 Å². The van der Waals surface area contributed by atoms with Crippen molar-refractivity contribution in [2.75, 3.05) is 0 Å². The first kappa shape index (κ1) is 13.9. The maximum Gasteiger partial charge on any atom is 0.175 e. The van der Waals surface area contributed by atoms with Gasteiger partial charge in [0.25, 0.3) is 0 Å². The van der Waals surface area contributed by atoms with Gasteiger partial charge in [-0.1, -0.05) is 13.1 Å². The molecule has 0 saturated carbocycles. The normalized spacial score (nSPS) is 31.8. The molecule has 0 aromatic heterocycles. The Hall–Kier alpha value is 0.788. The van der Waals surface area contributed by atoms with Crippen molar-refractivity contribution in [1.29, 1.82) is 0 Å². The quantitative estimate of drug-likeness (QED) is 0.717. The van der Waals surface area contributed by atoms with E-state index < -0.39 is 24.0 Å². The van der Waals surface area contributed by atoms with Crippen LogP contribution in [0.4, 0.5) is 0 Å². The van der Waals surface area contributed by atoms with Crippen LogP contribution in [0.5, 0.6) is 0 Å². The van der Waals surface area contributed by atoms with Crippen LogP contribution in [-0.2, 0) is 8.54 Å². The molecule has 90 valence electrons. The predicted octanol–water partition coefficient (Wildman–Crippen LogP) is 1.74. The van der Waals surface area contributed by atoms with Gasteiger partial charge in [-0.15, -0.1) is 0 Å². The Labute approximate surface area is 100 Å². The molecule has 6 heteroatoms. The molecule has 0 spiro atoms. The van der Waals surface area contributed by atoms with Crippen molar-refractivity contribution < 1.29 is 8.54 Å². The first-order valence-electron chi connectivity index (χ1n) is 5.84. The van der Waals surface area contributed by atoms with Crippen molar-refractivity contribution in [3.63, 3.8) is 0 Å². The third-order valence-corrected chi connectivity index (χ3v) is 32.9. The molecule has 1 unspecified atom stereocenters. The molecule has 0 amide bonds. The van der Waals surface area contributed by atoms with E-state index in [-0.39, 0.29) is 14.9 Å². The van der Waals surface area contributed by atoms with Crippen molar-refractivity contribution in [2.45, 2.75) is 58.2 Å². The molecule has 0 bridgehead atoms. The lowest BCUT2D eigenvalue weighted by Gasteiger charge is -2.45. The molecule has 1 aliphatic rings. The Balaban J connectivity index is 2.69. The summed E-state index contributed by atoms with van der Waals surface area (Å²) >= 11 is 0. The van der Waals surface area contributed by atoms with Crippen molar-refractivity contribution in [3.05, 3.63) is 0 Å². The lowest BCUT2D eigenvalue weighted by Crippen LogP contribution is -2.64. The lowest BCUT2D eigenvalue weighted by molar-refractivity contribution is 0.137. The summed E-state index contributed by atoms with van der Waals surface area (Å²) < 4.78 is 12.6. The van der Waals surface area contributed by atoms with Gasteiger partial charge in [0.1, 0.15) is 0 Å². The van der Waals surface area contributed by atoms with Crippen molar-refractivity contribution >= 4 is 33.3 Å². The smallest absolute Gasteiger partial charge is 0.175 e. The Kier molecular flexibility index (Phi) is 3.90. The average Bonchev–Trinajstić information content (AvgIpc) is 1.90. The van der Waals surface area contributed by atoms with Crippen molar-refractivity contribution in [2.24, 2.45) is 0 Å². The third-order valence-electron chi connectivity index (χ3n) is 2.87. The summed E-state index contributed by atoms with van der Waals surface area (Å²) in [4.78, 5) is 0. The summed E-state index contributed by atoms with van der Waals surface area (Å²) in [6, 6.07) is 1.30. The largest absolute Gasteiger partial charge is 0.460 e. The molecule has 1 saturated heterocycles. The molecule has 0 aliphatic carbocycles. The minimum absolute atomic E-state index is 0.161. The fourth-order valence-electron chi connectivity index (χ4n) is 2.41. The van der Waals surface area contributed by atoms with Gasteiger partial charge in [0.05, 0.1) is 7.59 Å². The summed E-state index contributed by atoms with van der Waals surface area (Å²) in [5, 5.41) is 0. The minimum atomic E-state index is -1.33. The zero-order valence-electron chi connectivity index (χ0n) is 11.3. The molecule has 1 aliphatic heterocycles. The van der Waals surface area contributed by atoms with Gasteiger partial charge in [0.2, 0.25) is 0 Å².